The van der Waals surface area contributed by atoms with Gasteiger partial charge < -0.3 is 34.6 Å². The highest BCUT2D eigenvalue weighted by Gasteiger charge is 2.44. The minimum atomic E-state index is -1.49. The first-order chi connectivity index (χ1) is 12.3. The first kappa shape index (κ1) is 21.0. The normalized spacial score (nSPS) is 35.3. The molecule has 1 aliphatic carbocycles. The van der Waals surface area contributed by atoms with Gasteiger partial charge in [0.1, 0.15) is 24.4 Å². The number of esters is 1. The maximum Gasteiger partial charge on any atom is 0.313 e. The van der Waals surface area contributed by atoms with Crippen LogP contribution >= 0.6 is 0 Å². The molecule has 1 saturated heterocycles. The van der Waals surface area contributed by atoms with Gasteiger partial charge in [0.15, 0.2) is 6.29 Å². The third-order valence-corrected chi connectivity index (χ3v) is 5.07. The Bertz CT molecular complexity index is 568. The molecular formula is C18H28O8. The lowest BCUT2D eigenvalue weighted by Crippen LogP contribution is -2.59. The Morgan fingerprint density at radius 3 is 2.54 bits per heavy atom. The number of carbonyl (C=O) groups excluding carboxylic acids is 1. The van der Waals surface area contributed by atoms with E-state index in [4.69, 9.17) is 14.2 Å². The van der Waals surface area contributed by atoms with Crippen molar-refractivity contribution in [1.82, 2.24) is 0 Å². The summed E-state index contributed by atoms with van der Waals surface area (Å²) < 4.78 is 15.8. The molecule has 2 rings (SSSR count). The molecule has 8 nitrogen and oxygen atoms in total. The lowest BCUT2D eigenvalue weighted by Gasteiger charge is -2.39. The summed E-state index contributed by atoms with van der Waals surface area (Å²) in [6.07, 6.45) is -3.27. The molecule has 0 spiro atoms. The lowest BCUT2D eigenvalue weighted by atomic mass is 9.83. The fraction of sp³-hybridized carbons (Fsp3) is 0.722. The Morgan fingerprint density at radius 1 is 1.27 bits per heavy atom. The van der Waals surface area contributed by atoms with Crippen LogP contribution in [0.25, 0.3) is 0 Å². The van der Waals surface area contributed by atoms with E-state index in [1.54, 1.807) is 0 Å². The molecule has 0 aromatic heterocycles. The molecule has 148 valence electrons. The second-order valence-electron chi connectivity index (χ2n) is 6.65. The molecule has 6 unspecified atom stereocenters. The van der Waals surface area contributed by atoms with Gasteiger partial charge in [0.2, 0.25) is 0 Å². The molecule has 0 bridgehead atoms. The topological polar surface area (TPSA) is 126 Å². The Balaban J connectivity index is 2.13. The molecule has 0 amide bonds. The fourth-order valence-electron chi connectivity index (χ4n) is 3.24. The minimum Gasteiger partial charge on any atom is -0.469 e. The number of ether oxygens (including phenoxy) is 3. The highest BCUT2D eigenvalue weighted by atomic mass is 16.7. The number of aliphatic hydroxyl groups excluding tert-OH is 4. The number of rotatable bonds is 6. The van der Waals surface area contributed by atoms with Gasteiger partial charge >= 0.3 is 5.97 Å². The third-order valence-electron chi connectivity index (χ3n) is 5.07. The number of allylic oxidation sites excluding steroid dienone is 1. The zero-order valence-corrected chi connectivity index (χ0v) is 15.3. The number of aliphatic hydroxyl groups is 4. The summed E-state index contributed by atoms with van der Waals surface area (Å²) >= 11 is 0. The number of carbonyl (C=O) groups is 1. The van der Waals surface area contributed by atoms with Gasteiger partial charge in [-0.2, -0.15) is 0 Å². The van der Waals surface area contributed by atoms with Gasteiger partial charge in [-0.15, -0.1) is 0 Å². The van der Waals surface area contributed by atoms with Crippen LogP contribution < -0.4 is 0 Å². The SMILES string of the molecule is CCC1=CC(COC2OC(CO)C(O)C(O)C2O)=C(C)C(C(=O)OC)C1. The van der Waals surface area contributed by atoms with E-state index in [-0.39, 0.29) is 18.5 Å². The van der Waals surface area contributed by atoms with E-state index in [1.807, 2.05) is 19.9 Å². The third kappa shape index (κ3) is 4.33. The van der Waals surface area contributed by atoms with Gasteiger partial charge in [-0.25, -0.2) is 0 Å². The van der Waals surface area contributed by atoms with Gasteiger partial charge in [-0.05, 0) is 25.3 Å². The second-order valence-corrected chi connectivity index (χ2v) is 6.65. The molecule has 0 saturated carbocycles. The molecular weight excluding hydrogens is 344 g/mol. The van der Waals surface area contributed by atoms with E-state index in [0.717, 1.165) is 23.1 Å². The first-order valence-electron chi connectivity index (χ1n) is 8.73. The van der Waals surface area contributed by atoms with Crippen LogP contribution in [0.3, 0.4) is 0 Å². The van der Waals surface area contributed by atoms with Crippen LogP contribution in [0.15, 0.2) is 22.8 Å². The van der Waals surface area contributed by atoms with Crippen molar-refractivity contribution in [2.24, 2.45) is 5.92 Å². The molecule has 2 aliphatic rings. The maximum absolute atomic E-state index is 12.0. The van der Waals surface area contributed by atoms with E-state index in [0.29, 0.717) is 6.42 Å². The summed E-state index contributed by atoms with van der Waals surface area (Å²) in [5, 5.41) is 38.9. The van der Waals surface area contributed by atoms with Crippen LogP contribution in [0.5, 0.6) is 0 Å². The Labute approximate surface area is 152 Å². The van der Waals surface area contributed by atoms with Crippen molar-refractivity contribution >= 4 is 5.97 Å². The number of hydrogen-bond donors (Lipinski definition) is 4. The number of methoxy groups -OCH3 is 1. The average Bonchev–Trinajstić information content (AvgIpc) is 2.66. The van der Waals surface area contributed by atoms with Crippen LogP contribution in [0.1, 0.15) is 26.7 Å². The predicted molar refractivity (Wildman–Crippen MR) is 90.9 cm³/mol. The van der Waals surface area contributed by atoms with Gasteiger partial charge in [-0.3, -0.25) is 4.79 Å². The zero-order chi connectivity index (χ0) is 19.4. The van der Waals surface area contributed by atoms with E-state index in [1.165, 1.54) is 7.11 Å². The second kappa shape index (κ2) is 9.07. The Kier molecular flexibility index (Phi) is 7.33. The van der Waals surface area contributed by atoms with Crippen LogP contribution in [0.4, 0.5) is 0 Å². The summed E-state index contributed by atoms with van der Waals surface area (Å²) in [6, 6.07) is 0. The quantitative estimate of drug-likeness (QED) is 0.466. The molecule has 0 aromatic rings. The smallest absolute Gasteiger partial charge is 0.313 e. The molecule has 26 heavy (non-hydrogen) atoms. The predicted octanol–water partition coefficient (Wildman–Crippen LogP) is -0.351. The van der Waals surface area contributed by atoms with Crippen molar-refractivity contribution in [3.8, 4) is 0 Å². The minimum absolute atomic E-state index is 0.0471. The highest BCUT2D eigenvalue weighted by molar-refractivity contribution is 5.77. The summed E-state index contributed by atoms with van der Waals surface area (Å²) in [5.41, 5.74) is 2.68. The van der Waals surface area contributed by atoms with Crippen molar-refractivity contribution in [1.29, 1.82) is 0 Å². The zero-order valence-electron chi connectivity index (χ0n) is 15.3. The molecule has 8 heteroatoms. The molecule has 0 aromatic carbocycles. The van der Waals surface area contributed by atoms with Gasteiger partial charge in [0, 0.05) is 0 Å². The van der Waals surface area contributed by atoms with Crippen molar-refractivity contribution in [2.45, 2.75) is 57.4 Å². The van der Waals surface area contributed by atoms with Crippen LogP contribution in [-0.4, -0.2) is 77.4 Å². The molecule has 1 aliphatic heterocycles. The fourth-order valence-corrected chi connectivity index (χ4v) is 3.24. The van der Waals surface area contributed by atoms with Gasteiger partial charge in [0.25, 0.3) is 0 Å². The van der Waals surface area contributed by atoms with E-state index < -0.39 is 37.3 Å². The van der Waals surface area contributed by atoms with Gasteiger partial charge in [-0.1, -0.05) is 24.1 Å². The van der Waals surface area contributed by atoms with Crippen LogP contribution in [0, 0.1) is 5.92 Å². The Hall–Kier alpha value is -1.29. The standard InChI is InChI=1S/C18H28O8/c1-4-10-5-11(9(2)12(6-10)17(23)24-3)8-25-18-16(22)15(21)14(20)13(7-19)26-18/h5,12-16,18-22H,4,6-8H2,1-3H3. The van der Waals surface area contributed by atoms with Crippen molar-refractivity contribution in [2.75, 3.05) is 20.3 Å². The monoisotopic (exact) mass is 372 g/mol. The van der Waals surface area contributed by atoms with Crippen LogP contribution in [0.2, 0.25) is 0 Å². The maximum atomic E-state index is 12.0. The molecule has 0 radical (unpaired) electrons. The summed E-state index contributed by atoms with van der Waals surface area (Å²) in [4.78, 5) is 12.0. The lowest BCUT2D eigenvalue weighted by molar-refractivity contribution is -0.298. The molecule has 6 atom stereocenters. The molecule has 1 fully saturated rings. The van der Waals surface area contributed by atoms with Crippen molar-refractivity contribution < 1.29 is 39.4 Å². The largest absolute Gasteiger partial charge is 0.469 e. The van der Waals surface area contributed by atoms with E-state index in [2.05, 4.69) is 0 Å². The summed E-state index contributed by atoms with van der Waals surface area (Å²) in [7, 11) is 1.35. The van der Waals surface area contributed by atoms with Crippen molar-refractivity contribution in [3.63, 3.8) is 0 Å². The molecule has 1 heterocycles. The Morgan fingerprint density at radius 2 is 1.96 bits per heavy atom. The van der Waals surface area contributed by atoms with Gasteiger partial charge in [0.05, 0.1) is 26.2 Å². The summed E-state index contributed by atoms with van der Waals surface area (Å²) in [6.45, 7) is 3.36. The van der Waals surface area contributed by atoms with Crippen molar-refractivity contribution in [3.05, 3.63) is 22.8 Å². The van der Waals surface area contributed by atoms with E-state index >= 15 is 0 Å². The molecule has 4 N–H and O–H groups in total. The van der Waals surface area contributed by atoms with Crippen LogP contribution in [-0.2, 0) is 19.0 Å². The first-order valence-corrected chi connectivity index (χ1v) is 8.73. The highest BCUT2D eigenvalue weighted by Crippen LogP contribution is 2.32. The summed E-state index contributed by atoms with van der Waals surface area (Å²) in [5.74, 6) is -0.694. The average molecular weight is 372 g/mol. The van der Waals surface area contributed by atoms with E-state index in [9.17, 15) is 25.2 Å². The number of hydrogen-bond acceptors (Lipinski definition) is 8.